The van der Waals surface area contributed by atoms with Gasteiger partial charge in [-0.3, -0.25) is 20.4 Å². The Hall–Kier alpha value is -1.76. The molecule has 116 valence electrons. The fraction of sp³-hybridized carbons (Fsp3) is 0.429. The smallest absolute Gasteiger partial charge is 0.269 e. The first-order valence-electron chi connectivity index (χ1n) is 6.51. The fourth-order valence-electron chi connectivity index (χ4n) is 1.47. The largest absolute Gasteiger partial charge is 0.493 e. The van der Waals surface area contributed by atoms with Gasteiger partial charge in [0, 0.05) is 11.5 Å². The summed E-state index contributed by atoms with van der Waals surface area (Å²) in [6.07, 6.45) is 0. The third-order valence-corrected chi connectivity index (χ3v) is 3.19. The zero-order valence-electron chi connectivity index (χ0n) is 12.5. The van der Waals surface area contributed by atoms with Gasteiger partial charge in [0.25, 0.3) is 5.91 Å². The lowest BCUT2D eigenvalue weighted by Gasteiger charge is -2.14. The van der Waals surface area contributed by atoms with Crippen molar-refractivity contribution < 1.29 is 19.1 Å². The number of carbonyl (C=O) groups excluding carboxylic acids is 2. The highest BCUT2D eigenvalue weighted by Crippen LogP contribution is 2.36. The van der Waals surface area contributed by atoms with Crippen molar-refractivity contribution in [3.8, 4) is 11.5 Å². The summed E-state index contributed by atoms with van der Waals surface area (Å²) >= 11 is 3.34. The molecule has 0 bridgehead atoms. The first-order chi connectivity index (χ1) is 9.90. The highest BCUT2D eigenvalue weighted by atomic mass is 79.9. The number of hydrogen-bond acceptors (Lipinski definition) is 4. The van der Waals surface area contributed by atoms with Gasteiger partial charge in [-0.2, -0.15) is 0 Å². The van der Waals surface area contributed by atoms with E-state index in [2.05, 4.69) is 26.8 Å². The van der Waals surface area contributed by atoms with E-state index >= 15 is 0 Å². The number of hydrogen-bond donors (Lipinski definition) is 2. The Morgan fingerprint density at radius 3 is 2.48 bits per heavy atom. The van der Waals surface area contributed by atoms with Gasteiger partial charge in [0.1, 0.15) is 0 Å². The standard InChI is InChI=1S/C14H19BrN2O4/c1-5-21-12-10(15)6-9(7-11(12)20-4)14(19)17-16-13(18)8(2)3/h6-8H,5H2,1-4H3,(H,16,18)(H,17,19). The van der Waals surface area contributed by atoms with Crippen LogP contribution in [0.25, 0.3) is 0 Å². The van der Waals surface area contributed by atoms with Gasteiger partial charge >= 0.3 is 0 Å². The molecule has 1 rings (SSSR count). The Balaban J connectivity index is 2.90. The van der Waals surface area contributed by atoms with Gasteiger partial charge in [0.05, 0.1) is 18.2 Å². The number of hydrazine groups is 1. The first-order valence-corrected chi connectivity index (χ1v) is 7.30. The van der Waals surface area contributed by atoms with Gasteiger partial charge in [0.15, 0.2) is 11.5 Å². The molecule has 0 fully saturated rings. The molecule has 1 aromatic carbocycles. The highest BCUT2D eigenvalue weighted by molar-refractivity contribution is 9.10. The van der Waals surface area contributed by atoms with Crippen LogP contribution in [0, 0.1) is 5.92 Å². The number of nitrogens with one attached hydrogen (secondary N) is 2. The fourth-order valence-corrected chi connectivity index (χ4v) is 2.03. The molecule has 0 saturated heterocycles. The average molecular weight is 359 g/mol. The summed E-state index contributed by atoms with van der Waals surface area (Å²) in [5.41, 5.74) is 5.04. The maximum Gasteiger partial charge on any atom is 0.269 e. The molecule has 0 aliphatic rings. The van der Waals surface area contributed by atoms with Crippen molar-refractivity contribution in [1.82, 2.24) is 10.9 Å². The minimum Gasteiger partial charge on any atom is -0.493 e. The lowest BCUT2D eigenvalue weighted by atomic mass is 10.2. The minimum atomic E-state index is -0.439. The normalized spacial score (nSPS) is 10.2. The quantitative estimate of drug-likeness (QED) is 0.791. The minimum absolute atomic E-state index is 0.216. The van der Waals surface area contributed by atoms with Crippen molar-refractivity contribution in [2.24, 2.45) is 5.92 Å². The molecule has 0 atom stereocenters. The number of methoxy groups -OCH3 is 1. The summed E-state index contributed by atoms with van der Waals surface area (Å²) in [5.74, 6) is 0.0487. The van der Waals surface area contributed by atoms with Crippen LogP contribution < -0.4 is 20.3 Å². The number of rotatable bonds is 5. The molecule has 2 amide bonds. The van der Waals surface area contributed by atoms with Crippen LogP contribution in [0.3, 0.4) is 0 Å². The zero-order valence-corrected chi connectivity index (χ0v) is 14.0. The Labute approximate surface area is 132 Å². The molecule has 2 N–H and O–H groups in total. The van der Waals surface area contributed by atoms with Crippen LogP contribution in [-0.2, 0) is 4.79 Å². The first kappa shape index (κ1) is 17.3. The summed E-state index contributed by atoms with van der Waals surface area (Å²) in [4.78, 5) is 23.4. The summed E-state index contributed by atoms with van der Waals surface area (Å²) in [7, 11) is 1.49. The molecule has 0 spiro atoms. The zero-order chi connectivity index (χ0) is 16.0. The number of carbonyl (C=O) groups is 2. The van der Waals surface area contributed by atoms with Gasteiger partial charge in [-0.25, -0.2) is 0 Å². The van der Waals surface area contributed by atoms with E-state index in [1.807, 2.05) is 6.92 Å². The molecule has 0 radical (unpaired) electrons. The summed E-state index contributed by atoms with van der Waals surface area (Å²) in [6.45, 7) is 5.80. The van der Waals surface area contributed by atoms with Crippen LogP contribution in [0.2, 0.25) is 0 Å². The molecule has 0 unspecified atom stereocenters. The van der Waals surface area contributed by atoms with Crippen molar-refractivity contribution in [2.75, 3.05) is 13.7 Å². The van der Waals surface area contributed by atoms with Gasteiger partial charge in [-0.1, -0.05) is 13.8 Å². The van der Waals surface area contributed by atoms with Crippen molar-refractivity contribution in [1.29, 1.82) is 0 Å². The summed E-state index contributed by atoms with van der Waals surface area (Å²) in [5, 5.41) is 0. The topological polar surface area (TPSA) is 76.7 Å². The summed E-state index contributed by atoms with van der Waals surface area (Å²) in [6, 6.07) is 3.15. The molecule has 6 nitrogen and oxygen atoms in total. The molecule has 0 aromatic heterocycles. The van der Waals surface area contributed by atoms with Gasteiger partial charge in [-0.05, 0) is 35.0 Å². The third kappa shape index (κ3) is 4.63. The SMILES string of the molecule is CCOc1c(Br)cc(C(=O)NNC(=O)C(C)C)cc1OC. The van der Waals surface area contributed by atoms with E-state index in [0.29, 0.717) is 28.1 Å². The third-order valence-electron chi connectivity index (χ3n) is 2.60. The average Bonchev–Trinajstić information content (AvgIpc) is 2.45. The number of ether oxygens (including phenoxy) is 2. The van der Waals surface area contributed by atoms with Gasteiger partial charge in [-0.15, -0.1) is 0 Å². The molecule has 1 aromatic rings. The molecular weight excluding hydrogens is 340 g/mol. The second-order valence-corrected chi connectivity index (χ2v) is 5.37. The van der Waals surface area contributed by atoms with Gasteiger partial charge < -0.3 is 9.47 Å². The number of benzene rings is 1. The molecule has 0 saturated carbocycles. The van der Waals surface area contributed by atoms with Crippen LogP contribution in [0.1, 0.15) is 31.1 Å². The van der Waals surface area contributed by atoms with Crippen LogP contribution in [0.15, 0.2) is 16.6 Å². The second-order valence-electron chi connectivity index (χ2n) is 4.52. The van der Waals surface area contributed by atoms with Crippen molar-refractivity contribution in [2.45, 2.75) is 20.8 Å². The lowest BCUT2D eigenvalue weighted by Crippen LogP contribution is -2.43. The highest BCUT2D eigenvalue weighted by Gasteiger charge is 2.16. The molecule has 0 heterocycles. The van der Waals surface area contributed by atoms with Crippen molar-refractivity contribution >= 4 is 27.7 Å². The van der Waals surface area contributed by atoms with Crippen molar-refractivity contribution in [3.63, 3.8) is 0 Å². The van der Waals surface area contributed by atoms with Crippen molar-refractivity contribution in [3.05, 3.63) is 22.2 Å². The molecule has 0 aliphatic carbocycles. The van der Waals surface area contributed by atoms with Crippen LogP contribution in [-0.4, -0.2) is 25.5 Å². The Kier molecular flexibility index (Phi) is 6.48. The molecule has 0 aliphatic heterocycles. The Morgan fingerprint density at radius 2 is 1.95 bits per heavy atom. The maximum atomic E-state index is 12.0. The van der Waals surface area contributed by atoms with Gasteiger partial charge in [0.2, 0.25) is 5.91 Å². The van der Waals surface area contributed by atoms with E-state index in [9.17, 15) is 9.59 Å². The predicted octanol–water partition coefficient (Wildman–Crippen LogP) is 2.27. The number of halogens is 1. The van der Waals surface area contributed by atoms with E-state index in [1.165, 1.54) is 7.11 Å². The monoisotopic (exact) mass is 358 g/mol. The van der Waals surface area contributed by atoms with E-state index in [-0.39, 0.29) is 11.8 Å². The summed E-state index contributed by atoms with van der Waals surface area (Å²) < 4.78 is 11.3. The van der Waals surface area contributed by atoms with E-state index in [1.54, 1.807) is 26.0 Å². The number of amides is 2. The van der Waals surface area contributed by atoms with E-state index in [0.717, 1.165) is 0 Å². The molecule has 21 heavy (non-hydrogen) atoms. The van der Waals surface area contributed by atoms with E-state index < -0.39 is 5.91 Å². The second kappa shape index (κ2) is 7.87. The Morgan fingerprint density at radius 1 is 1.29 bits per heavy atom. The maximum absolute atomic E-state index is 12.0. The lowest BCUT2D eigenvalue weighted by molar-refractivity contribution is -0.124. The molecule has 7 heteroatoms. The predicted molar refractivity (Wildman–Crippen MR) is 82.3 cm³/mol. The van der Waals surface area contributed by atoms with Crippen LogP contribution in [0.5, 0.6) is 11.5 Å². The van der Waals surface area contributed by atoms with Crippen LogP contribution >= 0.6 is 15.9 Å². The van der Waals surface area contributed by atoms with Crippen LogP contribution in [0.4, 0.5) is 0 Å². The Bertz CT molecular complexity index is 532. The molecular formula is C14H19BrN2O4. The van der Waals surface area contributed by atoms with E-state index in [4.69, 9.17) is 9.47 Å².